The molecule has 8 nitrogen and oxygen atoms in total. The number of hydrogen-bond acceptors (Lipinski definition) is 7. The van der Waals surface area contributed by atoms with Crippen LogP contribution in [0, 0.1) is 6.92 Å². The van der Waals surface area contributed by atoms with Crippen LogP contribution in [0.1, 0.15) is 33.6 Å². The number of nitrogens with zero attached hydrogens (tertiary/aromatic N) is 4. The Hall–Kier alpha value is -3.37. The van der Waals surface area contributed by atoms with Gasteiger partial charge in [-0.15, -0.1) is 0 Å². The third-order valence-electron chi connectivity index (χ3n) is 5.58. The Labute approximate surface area is 190 Å². The van der Waals surface area contributed by atoms with Crippen LogP contribution in [0.5, 0.6) is 0 Å². The minimum atomic E-state index is -2.76. The second-order valence-corrected chi connectivity index (χ2v) is 7.86. The number of allylic oxidation sites excluding steroid dienone is 1. The Balaban J connectivity index is 1.60. The Kier molecular flexibility index (Phi) is 6.66. The number of ether oxygens (including phenoxy) is 1. The van der Waals surface area contributed by atoms with Crippen LogP contribution >= 0.6 is 0 Å². The first kappa shape index (κ1) is 22.8. The first-order valence-corrected chi connectivity index (χ1v) is 10.5. The summed E-state index contributed by atoms with van der Waals surface area (Å²) < 4.78 is 31.3. The van der Waals surface area contributed by atoms with Gasteiger partial charge in [-0.3, -0.25) is 14.8 Å². The fourth-order valence-electron chi connectivity index (χ4n) is 3.76. The molecule has 2 N–H and O–H groups in total. The van der Waals surface area contributed by atoms with E-state index in [0.717, 1.165) is 22.9 Å². The summed E-state index contributed by atoms with van der Waals surface area (Å²) in [7, 11) is 1.70. The van der Waals surface area contributed by atoms with Crippen molar-refractivity contribution in [3.8, 4) is 0 Å². The van der Waals surface area contributed by atoms with Crippen molar-refractivity contribution in [1.82, 2.24) is 14.9 Å². The summed E-state index contributed by atoms with van der Waals surface area (Å²) in [5.74, 6) is -0.517. The lowest BCUT2D eigenvalue weighted by atomic mass is 10.0. The van der Waals surface area contributed by atoms with Gasteiger partial charge in [0, 0.05) is 43.1 Å². The summed E-state index contributed by atoms with van der Waals surface area (Å²) in [6.45, 7) is 4.44. The van der Waals surface area contributed by atoms with E-state index in [1.54, 1.807) is 19.2 Å². The monoisotopic (exact) mass is 457 g/mol. The van der Waals surface area contributed by atoms with E-state index in [2.05, 4.69) is 20.3 Å². The van der Waals surface area contributed by atoms with Crippen molar-refractivity contribution in [2.45, 2.75) is 19.6 Å². The van der Waals surface area contributed by atoms with Crippen LogP contribution in [0.4, 0.5) is 14.5 Å². The molecule has 4 rings (SSSR count). The maximum atomic E-state index is 12.9. The van der Waals surface area contributed by atoms with Crippen molar-refractivity contribution < 1.29 is 23.4 Å². The molecule has 0 saturated carbocycles. The number of halogens is 2. The number of aryl methyl sites for hydroxylation is 1. The van der Waals surface area contributed by atoms with Gasteiger partial charge in [0.25, 0.3) is 12.3 Å². The number of hydrogen-bond donors (Lipinski definition) is 2. The van der Waals surface area contributed by atoms with E-state index in [1.807, 2.05) is 19.1 Å². The minimum Gasteiger partial charge on any atom is -0.378 e. The van der Waals surface area contributed by atoms with Gasteiger partial charge < -0.3 is 20.1 Å². The van der Waals surface area contributed by atoms with Crippen molar-refractivity contribution >= 4 is 17.3 Å². The Morgan fingerprint density at radius 2 is 2.00 bits per heavy atom. The van der Waals surface area contributed by atoms with E-state index in [1.165, 1.54) is 17.3 Å². The van der Waals surface area contributed by atoms with Crippen LogP contribution in [0.15, 0.2) is 53.4 Å². The molecule has 2 aliphatic heterocycles. The van der Waals surface area contributed by atoms with Crippen LogP contribution in [0.25, 0.3) is 0 Å². The molecule has 0 aliphatic carbocycles. The van der Waals surface area contributed by atoms with E-state index >= 15 is 0 Å². The van der Waals surface area contributed by atoms with Crippen LogP contribution in [-0.2, 0) is 4.74 Å². The van der Waals surface area contributed by atoms with Gasteiger partial charge >= 0.3 is 0 Å². The predicted molar refractivity (Wildman–Crippen MR) is 119 cm³/mol. The number of nitrogens with one attached hydrogen (secondary N) is 1. The van der Waals surface area contributed by atoms with Crippen molar-refractivity contribution in [3.63, 3.8) is 0 Å². The number of likely N-dealkylation sites (N-methyl/N-ethyl adjacent to an activating group) is 1. The Bertz CT molecular complexity index is 1100. The molecule has 1 atom stereocenters. The molecular formula is C23H25F2N5O3. The number of aliphatic hydroxyl groups is 1. The molecule has 1 fully saturated rings. The number of rotatable bonds is 5. The van der Waals surface area contributed by atoms with E-state index in [4.69, 9.17) is 4.74 Å². The summed E-state index contributed by atoms with van der Waals surface area (Å²) in [4.78, 5) is 18.3. The van der Waals surface area contributed by atoms with E-state index in [-0.39, 0.29) is 5.56 Å². The zero-order valence-electron chi connectivity index (χ0n) is 18.3. The van der Waals surface area contributed by atoms with Gasteiger partial charge in [0.1, 0.15) is 5.69 Å². The molecule has 0 bridgehead atoms. The highest BCUT2D eigenvalue weighted by Crippen LogP contribution is 2.25. The van der Waals surface area contributed by atoms with E-state index < -0.39 is 24.3 Å². The largest absolute Gasteiger partial charge is 0.378 e. The zero-order valence-corrected chi connectivity index (χ0v) is 18.3. The maximum Gasteiger partial charge on any atom is 0.280 e. The normalized spacial score (nSPS) is 18.8. The number of pyridine rings is 1. The SMILES string of the molecule is Cc1ccc(NC(=O)c2ccnc(C(F)F)c2)cc1C1=NN(C)C(O)C(N2CCOCC2)=C1. The summed E-state index contributed by atoms with van der Waals surface area (Å²) in [6, 6.07) is 7.82. The Morgan fingerprint density at radius 3 is 2.73 bits per heavy atom. The number of aliphatic hydroxyl groups excluding tert-OH is 1. The van der Waals surface area contributed by atoms with E-state index in [9.17, 15) is 18.7 Å². The molecule has 0 radical (unpaired) electrons. The standard InChI is InChI=1S/C23H25F2N5O3/c1-14-3-4-16(27-22(31)15-5-6-26-19(11-15)21(24)25)12-17(14)18-13-20(23(32)29(2)28-18)30-7-9-33-10-8-30/h3-6,11-13,21,23,32H,7-10H2,1-2H3,(H,27,31). The van der Waals surface area contributed by atoms with Crippen LogP contribution in [-0.4, -0.2) is 71.2 Å². The number of benzene rings is 1. The lowest BCUT2D eigenvalue weighted by Crippen LogP contribution is -2.45. The van der Waals surface area contributed by atoms with Gasteiger partial charge in [0.15, 0.2) is 6.23 Å². The smallest absolute Gasteiger partial charge is 0.280 e. The van der Waals surface area contributed by atoms with E-state index in [0.29, 0.717) is 37.7 Å². The number of carbonyl (C=O) groups is 1. The molecule has 1 unspecified atom stereocenters. The molecular weight excluding hydrogens is 432 g/mol. The number of amides is 1. The highest BCUT2D eigenvalue weighted by Gasteiger charge is 2.28. The van der Waals surface area contributed by atoms with Gasteiger partial charge in [0.05, 0.1) is 24.6 Å². The third kappa shape index (κ3) is 5.01. The first-order valence-electron chi connectivity index (χ1n) is 10.5. The first-order chi connectivity index (χ1) is 15.8. The molecule has 174 valence electrons. The average molecular weight is 457 g/mol. The molecule has 0 spiro atoms. The van der Waals surface area contributed by atoms with Crippen LogP contribution < -0.4 is 5.32 Å². The predicted octanol–water partition coefficient (Wildman–Crippen LogP) is 2.76. The lowest BCUT2D eigenvalue weighted by Gasteiger charge is -2.37. The fraction of sp³-hybridized carbons (Fsp3) is 0.348. The number of anilines is 1. The summed E-state index contributed by atoms with van der Waals surface area (Å²) >= 11 is 0. The molecule has 3 heterocycles. The second-order valence-electron chi connectivity index (χ2n) is 7.86. The number of hydrazone groups is 1. The fourth-order valence-corrected chi connectivity index (χ4v) is 3.76. The zero-order chi connectivity index (χ0) is 23.5. The quantitative estimate of drug-likeness (QED) is 0.718. The summed E-state index contributed by atoms with van der Waals surface area (Å²) in [5, 5.41) is 19.4. The van der Waals surface area contributed by atoms with Gasteiger partial charge in [-0.05, 0) is 42.8 Å². The number of alkyl halides is 2. The molecule has 1 aromatic heterocycles. The molecule has 33 heavy (non-hydrogen) atoms. The van der Waals surface area contributed by atoms with Gasteiger partial charge in [0.2, 0.25) is 0 Å². The van der Waals surface area contributed by atoms with Gasteiger partial charge in [-0.1, -0.05) is 6.07 Å². The molecule has 1 aromatic carbocycles. The maximum absolute atomic E-state index is 12.9. The summed E-state index contributed by atoms with van der Waals surface area (Å²) in [6.07, 6.45) is -0.590. The molecule has 2 aromatic rings. The molecule has 1 saturated heterocycles. The average Bonchev–Trinajstić information content (AvgIpc) is 2.82. The van der Waals surface area contributed by atoms with Crippen molar-refractivity contribution in [2.24, 2.45) is 5.10 Å². The summed E-state index contributed by atoms with van der Waals surface area (Å²) in [5.41, 5.74) is 3.21. The number of carbonyl (C=O) groups excluding carboxylic acids is 1. The molecule has 10 heteroatoms. The molecule has 1 amide bonds. The lowest BCUT2D eigenvalue weighted by molar-refractivity contribution is -0.00175. The number of morpholine rings is 1. The van der Waals surface area contributed by atoms with Crippen molar-refractivity contribution in [1.29, 1.82) is 0 Å². The Morgan fingerprint density at radius 1 is 1.24 bits per heavy atom. The van der Waals surface area contributed by atoms with Crippen molar-refractivity contribution in [3.05, 3.63) is 70.7 Å². The van der Waals surface area contributed by atoms with Gasteiger partial charge in [-0.2, -0.15) is 5.10 Å². The number of aromatic nitrogens is 1. The highest BCUT2D eigenvalue weighted by atomic mass is 19.3. The topological polar surface area (TPSA) is 90.3 Å². The van der Waals surface area contributed by atoms with Crippen molar-refractivity contribution in [2.75, 3.05) is 38.7 Å². The van der Waals surface area contributed by atoms with Crippen LogP contribution in [0.2, 0.25) is 0 Å². The minimum absolute atomic E-state index is 0.0924. The van der Waals surface area contributed by atoms with Crippen LogP contribution in [0.3, 0.4) is 0 Å². The third-order valence-corrected chi connectivity index (χ3v) is 5.58. The second kappa shape index (κ2) is 9.63. The molecule has 2 aliphatic rings. The van der Waals surface area contributed by atoms with Gasteiger partial charge in [-0.25, -0.2) is 8.78 Å². The highest BCUT2D eigenvalue weighted by molar-refractivity contribution is 6.11.